The van der Waals surface area contributed by atoms with Gasteiger partial charge in [-0.15, -0.1) is 0 Å². The van der Waals surface area contributed by atoms with Crippen molar-refractivity contribution in [1.82, 2.24) is 0 Å². The van der Waals surface area contributed by atoms with Gasteiger partial charge < -0.3 is 4.43 Å². The van der Waals surface area contributed by atoms with Crippen LogP contribution in [0.2, 0.25) is 18.1 Å². The second-order valence-corrected chi connectivity index (χ2v) is 18.1. The van der Waals surface area contributed by atoms with Crippen LogP contribution in [0, 0.1) is 23.2 Å². The lowest BCUT2D eigenvalue weighted by molar-refractivity contribution is 0.106. The van der Waals surface area contributed by atoms with Crippen molar-refractivity contribution in [2.24, 2.45) is 23.2 Å². The Morgan fingerprint density at radius 2 is 1.90 bits per heavy atom. The topological polar surface area (TPSA) is 9.23 Å². The van der Waals surface area contributed by atoms with Crippen LogP contribution in [0.25, 0.3) is 0 Å². The molecule has 3 aliphatic rings. The summed E-state index contributed by atoms with van der Waals surface area (Å²) in [6.45, 7) is 21.3. The quantitative estimate of drug-likeness (QED) is 0.187. The van der Waals surface area contributed by atoms with Crippen LogP contribution in [0.4, 0.5) is 0 Å². The third-order valence-corrected chi connectivity index (χ3v) is 15.3. The molecule has 0 saturated heterocycles. The van der Waals surface area contributed by atoms with Gasteiger partial charge in [-0.3, -0.25) is 0 Å². The van der Waals surface area contributed by atoms with E-state index in [4.69, 9.17) is 4.43 Å². The van der Waals surface area contributed by atoms with Crippen LogP contribution in [0.3, 0.4) is 0 Å². The molecule has 0 heterocycles. The summed E-state index contributed by atoms with van der Waals surface area (Å²) in [5, 5.41) is 0.272. The highest BCUT2D eigenvalue weighted by atomic mass is 127. The molecule has 3 heteroatoms. The van der Waals surface area contributed by atoms with Crippen LogP contribution in [0.1, 0.15) is 86.0 Å². The third kappa shape index (κ3) is 5.45. The summed E-state index contributed by atoms with van der Waals surface area (Å²) in [5.74, 6) is 2.54. The maximum atomic E-state index is 6.79. The number of halogens is 1. The van der Waals surface area contributed by atoms with Crippen molar-refractivity contribution < 1.29 is 4.43 Å². The lowest BCUT2D eigenvalue weighted by Gasteiger charge is -2.44. The maximum Gasteiger partial charge on any atom is 0.192 e. The Balaban J connectivity index is 1.75. The van der Waals surface area contributed by atoms with Crippen molar-refractivity contribution in [3.05, 3.63) is 35.5 Å². The summed E-state index contributed by atoms with van der Waals surface area (Å²) in [4.78, 5) is 0. The van der Waals surface area contributed by atoms with Crippen molar-refractivity contribution in [3.8, 4) is 0 Å². The van der Waals surface area contributed by atoms with E-state index in [2.05, 4.69) is 89.0 Å². The van der Waals surface area contributed by atoms with Gasteiger partial charge in [0.15, 0.2) is 8.32 Å². The molecule has 0 aliphatic heterocycles. The second kappa shape index (κ2) is 9.78. The van der Waals surface area contributed by atoms with Gasteiger partial charge in [0.2, 0.25) is 0 Å². The fraction of sp³-hybridized carbons (Fsp3) is 0.786. The molecule has 0 spiro atoms. The molecule has 0 amide bonds. The monoisotopic (exact) mass is 554 g/mol. The number of allylic oxidation sites excluding steroid dienone is 4. The Bertz CT molecular complexity index is 728. The molecule has 3 fully saturated rings. The van der Waals surface area contributed by atoms with E-state index in [0.717, 1.165) is 37.0 Å². The molecule has 5 unspecified atom stereocenters. The zero-order valence-electron chi connectivity index (χ0n) is 21.3. The van der Waals surface area contributed by atoms with Crippen LogP contribution < -0.4 is 0 Å². The van der Waals surface area contributed by atoms with Gasteiger partial charge in [-0.25, -0.2) is 0 Å². The fourth-order valence-corrected chi connectivity index (χ4v) is 8.40. The van der Waals surface area contributed by atoms with Crippen molar-refractivity contribution in [2.75, 3.05) is 4.43 Å². The summed E-state index contributed by atoms with van der Waals surface area (Å²) < 4.78 is 8.08. The first-order chi connectivity index (χ1) is 14.4. The number of hydrogen-bond donors (Lipinski definition) is 0. The minimum Gasteiger partial charge on any atom is -0.414 e. The Labute approximate surface area is 207 Å². The van der Waals surface area contributed by atoms with E-state index >= 15 is 0 Å². The van der Waals surface area contributed by atoms with Gasteiger partial charge in [0.05, 0.1) is 0 Å². The zero-order chi connectivity index (χ0) is 23.0. The molecule has 0 aromatic rings. The highest BCUT2D eigenvalue weighted by Crippen LogP contribution is 2.59. The number of fused-ring (bicyclic) bond motifs is 1. The van der Waals surface area contributed by atoms with Crippen LogP contribution >= 0.6 is 22.6 Å². The Morgan fingerprint density at radius 1 is 1.19 bits per heavy atom. The van der Waals surface area contributed by atoms with Gasteiger partial charge in [-0.2, -0.15) is 0 Å². The summed E-state index contributed by atoms with van der Waals surface area (Å²) >= 11 is 2.60. The Hall–Kier alpha value is 0.127. The van der Waals surface area contributed by atoms with E-state index in [9.17, 15) is 0 Å². The molecular weight excluding hydrogens is 507 g/mol. The van der Waals surface area contributed by atoms with E-state index in [1.807, 2.05) is 0 Å². The normalized spacial score (nSPS) is 36.1. The molecule has 5 atom stereocenters. The van der Waals surface area contributed by atoms with Gasteiger partial charge in [0, 0.05) is 10.5 Å². The summed E-state index contributed by atoms with van der Waals surface area (Å²) in [6.07, 6.45) is 15.5. The van der Waals surface area contributed by atoms with Gasteiger partial charge in [-0.1, -0.05) is 87.1 Å². The van der Waals surface area contributed by atoms with Crippen molar-refractivity contribution >= 4 is 30.9 Å². The lowest BCUT2D eigenvalue weighted by Crippen LogP contribution is -2.44. The van der Waals surface area contributed by atoms with E-state index in [1.54, 1.807) is 5.57 Å². The molecule has 0 radical (unpaired) electrons. The summed E-state index contributed by atoms with van der Waals surface area (Å²) in [6, 6.07) is 0. The van der Waals surface area contributed by atoms with Crippen LogP contribution in [-0.4, -0.2) is 18.8 Å². The molecular formula is C28H47IOSi. The van der Waals surface area contributed by atoms with E-state index < -0.39 is 8.32 Å². The first kappa shape index (κ1) is 25.7. The average Bonchev–Trinajstić information content (AvgIpc) is 3.04. The molecule has 0 bridgehead atoms. The Kier molecular flexibility index (Phi) is 8.12. The molecule has 0 aromatic carbocycles. The van der Waals surface area contributed by atoms with Crippen molar-refractivity contribution in [2.45, 2.75) is 110 Å². The predicted octanol–water partition coefficient (Wildman–Crippen LogP) is 9.26. The van der Waals surface area contributed by atoms with Gasteiger partial charge >= 0.3 is 0 Å². The van der Waals surface area contributed by atoms with Gasteiger partial charge in [0.25, 0.3) is 0 Å². The minimum atomic E-state index is -1.72. The molecule has 3 aliphatic carbocycles. The fourth-order valence-electron chi connectivity index (χ4n) is 6.40. The second-order valence-electron chi connectivity index (χ2n) is 12.5. The van der Waals surface area contributed by atoms with Crippen molar-refractivity contribution in [3.63, 3.8) is 0 Å². The predicted molar refractivity (Wildman–Crippen MR) is 147 cm³/mol. The van der Waals surface area contributed by atoms with Crippen molar-refractivity contribution in [1.29, 1.82) is 0 Å². The SMILES string of the molecule is C=C1CCC(O[Si](C)(C)C(C)(C)C)C/C1=C/C=C1\CCCC2(C)C1CCC2C(C)CI. The van der Waals surface area contributed by atoms with Crippen LogP contribution in [0.5, 0.6) is 0 Å². The third-order valence-electron chi connectivity index (χ3n) is 9.40. The highest BCUT2D eigenvalue weighted by molar-refractivity contribution is 14.1. The Morgan fingerprint density at radius 3 is 2.55 bits per heavy atom. The summed E-state index contributed by atoms with van der Waals surface area (Å²) in [7, 11) is -1.72. The molecule has 3 rings (SSSR count). The number of rotatable bonds is 5. The molecule has 0 N–H and O–H groups in total. The molecule has 176 valence electrons. The van der Waals surface area contributed by atoms with E-state index in [1.165, 1.54) is 47.7 Å². The largest absolute Gasteiger partial charge is 0.414 e. The highest BCUT2D eigenvalue weighted by Gasteiger charge is 2.50. The molecule has 3 saturated carbocycles. The molecule has 0 aromatic heterocycles. The number of alkyl halides is 1. The zero-order valence-corrected chi connectivity index (χ0v) is 24.5. The average molecular weight is 555 g/mol. The summed E-state index contributed by atoms with van der Waals surface area (Å²) in [5.41, 5.74) is 5.04. The minimum absolute atomic E-state index is 0.272. The number of hydrogen-bond acceptors (Lipinski definition) is 1. The lowest BCUT2D eigenvalue weighted by atomic mass is 9.61. The van der Waals surface area contributed by atoms with Gasteiger partial charge in [0.1, 0.15) is 0 Å². The first-order valence-electron chi connectivity index (χ1n) is 12.7. The smallest absolute Gasteiger partial charge is 0.192 e. The first-order valence-corrected chi connectivity index (χ1v) is 17.1. The molecule has 1 nitrogen and oxygen atoms in total. The van der Waals surface area contributed by atoms with Crippen LogP contribution in [-0.2, 0) is 4.43 Å². The van der Waals surface area contributed by atoms with Gasteiger partial charge in [-0.05, 0) is 98.2 Å². The maximum absolute atomic E-state index is 6.79. The standard InChI is InChI=1S/C28H47IOSi/c1-20-11-14-24(30-31(7,8)27(3,4)5)18-23(20)13-12-22-10-9-17-28(6)25(21(2)19-29)15-16-26(22)28/h12-13,21,24-26H,1,9-11,14-19H2,2-8H3/b22-12+,23-13-. The van der Waals surface area contributed by atoms with E-state index in [0.29, 0.717) is 11.5 Å². The van der Waals surface area contributed by atoms with Crippen LogP contribution in [0.15, 0.2) is 35.5 Å². The molecule has 31 heavy (non-hydrogen) atoms. The van der Waals surface area contributed by atoms with E-state index in [-0.39, 0.29) is 5.04 Å².